The molecule has 2 heterocycles. The Morgan fingerprint density at radius 1 is 0.391 bits per heavy atom. The zero-order valence-corrected chi connectivity index (χ0v) is 59.6. The molecule has 2 aliphatic rings. The lowest BCUT2D eigenvalue weighted by Crippen LogP contribution is -2.65. The van der Waals surface area contributed by atoms with Crippen molar-refractivity contribution in [3.63, 3.8) is 0 Å². The molecule has 0 aromatic carbocycles. The smallest absolute Gasteiger partial charge is 0.220 e. The Kier molecular flexibility index (Phi) is 59.2. The van der Waals surface area contributed by atoms with Gasteiger partial charge in [0, 0.05) is 6.42 Å². The maximum Gasteiger partial charge on any atom is 0.220 e. The van der Waals surface area contributed by atoms with Crippen LogP contribution < -0.4 is 5.32 Å². The van der Waals surface area contributed by atoms with Crippen LogP contribution in [-0.4, -0.2) is 140 Å². The average Bonchev–Trinajstić information content (AvgIpc) is 0.882. The van der Waals surface area contributed by atoms with Crippen LogP contribution in [0.4, 0.5) is 0 Å². The van der Waals surface area contributed by atoms with Gasteiger partial charge in [-0.25, -0.2) is 0 Å². The summed E-state index contributed by atoms with van der Waals surface area (Å²) in [5.41, 5.74) is 0. The fraction of sp³-hybridized carbons (Fsp3) is 0.936. The van der Waals surface area contributed by atoms with E-state index in [0.717, 1.165) is 57.8 Å². The lowest BCUT2D eigenvalue weighted by atomic mass is 9.97. The monoisotopic (exact) mass is 1310 g/mol. The first-order valence-corrected chi connectivity index (χ1v) is 39.6. The number of allylic oxidation sites excluding steroid dienone is 4. The molecule has 92 heavy (non-hydrogen) atoms. The van der Waals surface area contributed by atoms with E-state index in [1.54, 1.807) is 0 Å². The second kappa shape index (κ2) is 63.0. The number of carbonyl (C=O) groups excluding carboxylic acids is 1. The topological polar surface area (TPSA) is 228 Å². The van der Waals surface area contributed by atoms with Gasteiger partial charge in [-0.05, 0) is 44.9 Å². The van der Waals surface area contributed by atoms with E-state index in [9.17, 15) is 45.6 Å². The molecule has 0 aromatic rings. The fourth-order valence-electron chi connectivity index (χ4n) is 13.4. The molecule has 2 fully saturated rings. The highest BCUT2D eigenvalue weighted by atomic mass is 16.7. The third-order valence-electron chi connectivity index (χ3n) is 19.7. The number of rotatable bonds is 67. The first kappa shape index (κ1) is 86.6. The van der Waals surface area contributed by atoms with Crippen LogP contribution in [0, 0.1) is 0 Å². The second-order valence-electron chi connectivity index (χ2n) is 28.2. The van der Waals surface area contributed by atoms with Crippen molar-refractivity contribution in [2.75, 3.05) is 19.8 Å². The minimum absolute atomic E-state index is 0.200. The molecule has 0 bridgehead atoms. The molecule has 0 spiro atoms. The van der Waals surface area contributed by atoms with Crippen LogP contribution >= 0.6 is 0 Å². The van der Waals surface area contributed by atoms with Gasteiger partial charge in [-0.2, -0.15) is 0 Å². The molecule has 0 radical (unpaired) electrons. The Morgan fingerprint density at radius 3 is 1.09 bits per heavy atom. The van der Waals surface area contributed by atoms with Crippen LogP contribution in [0.2, 0.25) is 0 Å². The molecule has 2 aliphatic heterocycles. The molecule has 2 rings (SSSR count). The van der Waals surface area contributed by atoms with E-state index in [-0.39, 0.29) is 12.5 Å². The van der Waals surface area contributed by atoms with E-state index >= 15 is 0 Å². The normalized spacial score (nSPS) is 22.7. The van der Waals surface area contributed by atoms with Crippen molar-refractivity contribution >= 4 is 5.91 Å². The molecule has 1 amide bonds. The number of nitrogens with one attached hydrogen (secondary N) is 1. The van der Waals surface area contributed by atoms with Crippen molar-refractivity contribution in [2.24, 2.45) is 0 Å². The zero-order valence-electron chi connectivity index (χ0n) is 59.6. The lowest BCUT2D eigenvalue weighted by molar-refractivity contribution is -0.359. The first-order chi connectivity index (χ1) is 45.1. The molecule has 0 aromatic heterocycles. The van der Waals surface area contributed by atoms with Crippen LogP contribution in [0.1, 0.15) is 373 Å². The van der Waals surface area contributed by atoms with Crippen molar-refractivity contribution in [3.8, 4) is 0 Å². The van der Waals surface area contributed by atoms with Gasteiger partial charge in [0.25, 0.3) is 0 Å². The maximum atomic E-state index is 13.4. The van der Waals surface area contributed by atoms with Crippen molar-refractivity contribution in [1.82, 2.24) is 5.32 Å². The number of hydrogen-bond acceptors (Lipinski definition) is 13. The molecule has 9 N–H and O–H groups in total. The predicted molar refractivity (Wildman–Crippen MR) is 378 cm³/mol. The van der Waals surface area contributed by atoms with Gasteiger partial charge in [-0.1, -0.05) is 346 Å². The molecule has 14 nitrogen and oxygen atoms in total. The lowest BCUT2D eigenvalue weighted by Gasteiger charge is -2.46. The molecule has 544 valence electrons. The number of amides is 1. The first-order valence-electron chi connectivity index (χ1n) is 39.6. The molecular formula is C78H149NO13. The summed E-state index contributed by atoms with van der Waals surface area (Å²) in [5.74, 6) is -0.200. The SMILES string of the molecule is CCCCCCC/C=C\C/C=C\CCCCCCCCCCCCCCCCCC(=O)NC(COC1OC(CO)C(OC2OC(CO)C(O)C(O)C2O)C(O)C1O)C(O)CCCCCCCCCCCCCCCCCCCCCCCCCCCCCCCCC. The predicted octanol–water partition coefficient (Wildman–Crippen LogP) is 17.5. The number of hydrogen-bond donors (Lipinski definition) is 9. The molecule has 14 heteroatoms. The van der Waals surface area contributed by atoms with E-state index in [2.05, 4.69) is 43.5 Å². The summed E-state index contributed by atoms with van der Waals surface area (Å²) < 4.78 is 23.0. The Balaban J connectivity index is 1.61. The fourth-order valence-corrected chi connectivity index (χ4v) is 13.4. The van der Waals surface area contributed by atoms with Crippen molar-refractivity contribution < 1.29 is 64.6 Å². The van der Waals surface area contributed by atoms with Crippen LogP contribution in [0.15, 0.2) is 24.3 Å². The summed E-state index contributed by atoms with van der Waals surface area (Å²) in [5, 5.41) is 87.8. The van der Waals surface area contributed by atoms with Crippen LogP contribution in [0.3, 0.4) is 0 Å². The zero-order chi connectivity index (χ0) is 66.6. The van der Waals surface area contributed by atoms with Gasteiger partial charge in [-0.15, -0.1) is 0 Å². The van der Waals surface area contributed by atoms with Gasteiger partial charge in [0.05, 0.1) is 32.0 Å². The largest absolute Gasteiger partial charge is 0.394 e. The Bertz CT molecular complexity index is 1640. The van der Waals surface area contributed by atoms with Gasteiger partial charge >= 0.3 is 0 Å². The van der Waals surface area contributed by atoms with Crippen LogP contribution in [0.25, 0.3) is 0 Å². The number of carbonyl (C=O) groups is 1. The quantitative estimate of drug-likeness (QED) is 0.0204. The molecular weight excluding hydrogens is 1160 g/mol. The number of ether oxygens (including phenoxy) is 4. The summed E-state index contributed by atoms with van der Waals surface area (Å²) >= 11 is 0. The molecule has 0 saturated carbocycles. The van der Waals surface area contributed by atoms with Gasteiger partial charge < -0.3 is 65.1 Å². The van der Waals surface area contributed by atoms with E-state index in [1.807, 2.05) is 0 Å². The third kappa shape index (κ3) is 45.9. The van der Waals surface area contributed by atoms with E-state index < -0.39 is 86.8 Å². The van der Waals surface area contributed by atoms with E-state index in [4.69, 9.17) is 18.9 Å². The second-order valence-corrected chi connectivity index (χ2v) is 28.2. The number of aliphatic hydroxyl groups is 8. The number of unbranched alkanes of at least 4 members (excludes halogenated alkanes) is 50. The van der Waals surface area contributed by atoms with Crippen molar-refractivity contribution in [3.05, 3.63) is 24.3 Å². The summed E-state index contributed by atoms with van der Waals surface area (Å²) in [7, 11) is 0. The molecule has 12 unspecified atom stereocenters. The standard InChI is InChI=1S/C78H149NO13/c1-3-5-7-9-11-13-15-17-19-21-23-25-27-29-31-32-33-34-36-37-39-41-43-45-47-49-51-53-55-57-59-61-67(82)66(65-89-77-75(88)73(86)76(69(64-81)91-77)92-78-74(87)72(85)71(84)68(63-80)90-78)79-70(83)62-60-58-56-54-52-50-48-46-44-42-40-38-35-30-28-26-24-22-20-18-16-14-12-10-8-6-4-2/h16,18,22,24,66-69,71-78,80-82,84-88H,3-15,17,19-21,23,25-65H2,1-2H3,(H,79,83)/b18-16-,24-22-. The Hall–Kier alpha value is -1.53. The van der Waals surface area contributed by atoms with Crippen LogP contribution in [0.5, 0.6) is 0 Å². The van der Waals surface area contributed by atoms with E-state index in [1.165, 1.54) is 289 Å². The van der Waals surface area contributed by atoms with E-state index in [0.29, 0.717) is 12.8 Å². The minimum atomic E-state index is -1.78. The third-order valence-corrected chi connectivity index (χ3v) is 19.7. The van der Waals surface area contributed by atoms with Gasteiger partial charge in [0.15, 0.2) is 12.6 Å². The van der Waals surface area contributed by atoms with Gasteiger partial charge in [-0.3, -0.25) is 4.79 Å². The van der Waals surface area contributed by atoms with Crippen molar-refractivity contribution in [2.45, 2.75) is 447 Å². The van der Waals surface area contributed by atoms with Gasteiger partial charge in [0.1, 0.15) is 48.8 Å². The highest BCUT2D eigenvalue weighted by Crippen LogP contribution is 2.30. The minimum Gasteiger partial charge on any atom is -0.394 e. The van der Waals surface area contributed by atoms with Crippen LogP contribution in [-0.2, 0) is 23.7 Å². The summed E-state index contributed by atoms with van der Waals surface area (Å²) in [4.78, 5) is 13.4. The average molecular weight is 1310 g/mol. The Morgan fingerprint density at radius 2 is 0.717 bits per heavy atom. The number of aliphatic hydroxyl groups excluding tert-OH is 8. The maximum absolute atomic E-state index is 13.4. The highest BCUT2D eigenvalue weighted by Gasteiger charge is 2.51. The van der Waals surface area contributed by atoms with Gasteiger partial charge in [0.2, 0.25) is 5.91 Å². The summed E-state index contributed by atoms with van der Waals surface area (Å²) in [6.07, 6.45) is 63.6. The molecule has 2 saturated heterocycles. The summed E-state index contributed by atoms with van der Waals surface area (Å²) in [6, 6.07) is -0.829. The molecule has 12 atom stereocenters. The molecule has 0 aliphatic carbocycles. The van der Waals surface area contributed by atoms with Crippen molar-refractivity contribution in [1.29, 1.82) is 0 Å². The Labute approximate surface area is 564 Å². The highest BCUT2D eigenvalue weighted by molar-refractivity contribution is 5.76. The summed E-state index contributed by atoms with van der Waals surface area (Å²) in [6.45, 7) is 2.92.